The van der Waals surface area contributed by atoms with Gasteiger partial charge in [-0.1, -0.05) is 18.2 Å². The largest absolute Gasteiger partial charge is 0.462 e. The number of hydrogen-bond donors (Lipinski definition) is 0. The highest BCUT2D eigenvalue weighted by Gasteiger charge is 2.25. The second-order valence-corrected chi connectivity index (χ2v) is 4.04. The smallest absolute Gasteiger partial charge is 0.340 e. The second-order valence-electron chi connectivity index (χ2n) is 4.04. The van der Waals surface area contributed by atoms with Crippen LogP contribution in [0.25, 0.3) is 0 Å². The number of hydrogen-bond acceptors (Lipinski definition) is 3. The zero-order chi connectivity index (χ0) is 13.1. The number of rotatable bonds is 2. The highest BCUT2D eigenvalue weighted by molar-refractivity contribution is 6.12. The molecule has 0 radical (unpaired) electrons. The summed E-state index contributed by atoms with van der Waals surface area (Å²) in [5.74, 6) is -0.734. The van der Waals surface area contributed by atoms with Crippen molar-refractivity contribution in [3.05, 3.63) is 46.9 Å². The first-order valence-corrected chi connectivity index (χ1v) is 5.80. The number of nitrogens with zero attached hydrogens (tertiary/aromatic N) is 1. The molecule has 0 fully saturated rings. The van der Waals surface area contributed by atoms with E-state index < -0.39 is 12.0 Å². The van der Waals surface area contributed by atoms with Crippen LogP contribution in [0.2, 0.25) is 0 Å². The molecule has 1 heterocycles. The predicted molar refractivity (Wildman–Crippen MR) is 68.0 cm³/mol. The van der Waals surface area contributed by atoms with E-state index in [0.29, 0.717) is 23.3 Å². The van der Waals surface area contributed by atoms with Crippen LogP contribution in [0.15, 0.2) is 51.8 Å². The Balaban J connectivity index is 2.40. The second kappa shape index (κ2) is 5.12. The number of halogens is 1. The molecule has 0 spiro atoms. The monoisotopic (exact) mass is 247 g/mol. The molecule has 0 saturated carbocycles. The fourth-order valence-corrected chi connectivity index (χ4v) is 1.82. The lowest BCUT2D eigenvalue weighted by molar-refractivity contribution is -0.137. The van der Waals surface area contributed by atoms with Crippen LogP contribution in [-0.4, -0.2) is 24.8 Å². The lowest BCUT2D eigenvalue weighted by Gasteiger charge is -2.09. The highest BCUT2D eigenvalue weighted by atomic mass is 19.1. The molecule has 3 nitrogen and oxygen atoms in total. The lowest BCUT2D eigenvalue weighted by Crippen LogP contribution is -2.11. The van der Waals surface area contributed by atoms with Crippen LogP contribution in [0.3, 0.4) is 0 Å². The van der Waals surface area contributed by atoms with Crippen LogP contribution < -0.4 is 0 Å². The van der Waals surface area contributed by atoms with E-state index in [2.05, 4.69) is 4.99 Å². The lowest BCUT2D eigenvalue weighted by atomic mass is 10.00. The number of carbonyl (C=O) groups excluding carboxylic acids is 1. The molecule has 94 valence electrons. The molecule has 0 saturated heterocycles. The first-order chi connectivity index (χ1) is 8.63. The molecule has 1 aliphatic heterocycles. The zero-order valence-corrected chi connectivity index (χ0v) is 10.3. The first kappa shape index (κ1) is 12.5. The molecule has 0 aromatic rings. The predicted octanol–water partition coefficient (Wildman–Crippen LogP) is 2.67. The van der Waals surface area contributed by atoms with Gasteiger partial charge >= 0.3 is 5.97 Å². The Morgan fingerprint density at radius 3 is 3.06 bits per heavy atom. The molecule has 4 heteroatoms. The van der Waals surface area contributed by atoms with Gasteiger partial charge in [-0.15, -0.1) is 0 Å². The fourth-order valence-electron chi connectivity index (χ4n) is 1.82. The van der Waals surface area contributed by atoms with Gasteiger partial charge in [0.25, 0.3) is 0 Å². The fraction of sp³-hybridized carbons (Fsp3) is 0.286. The quantitative estimate of drug-likeness (QED) is 0.704. The van der Waals surface area contributed by atoms with Crippen molar-refractivity contribution >= 4 is 12.2 Å². The van der Waals surface area contributed by atoms with Crippen LogP contribution in [0.4, 0.5) is 4.39 Å². The molecule has 0 amide bonds. The van der Waals surface area contributed by atoms with Gasteiger partial charge in [-0.3, -0.25) is 4.99 Å². The summed E-state index contributed by atoms with van der Waals surface area (Å²) >= 11 is 0. The highest BCUT2D eigenvalue weighted by Crippen LogP contribution is 2.26. The average Bonchev–Trinajstić information content (AvgIpc) is 2.70. The summed E-state index contributed by atoms with van der Waals surface area (Å²) in [7, 11) is 0. The summed E-state index contributed by atoms with van der Waals surface area (Å²) < 4.78 is 18.6. The molecule has 18 heavy (non-hydrogen) atoms. The van der Waals surface area contributed by atoms with Gasteiger partial charge in [0.05, 0.1) is 18.2 Å². The molecule has 0 aromatic carbocycles. The Hall–Kier alpha value is -1.97. The summed E-state index contributed by atoms with van der Waals surface area (Å²) in [6.45, 7) is 3.74. The number of fused-ring (bicyclic) bond motifs is 1. The van der Waals surface area contributed by atoms with Crippen LogP contribution >= 0.6 is 0 Å². The van der Waals surface area contributed by atoms with Crippen LogP contribution in [0, 0.1) is 0 Å². The van der Waals surface area contributed by atoms with Crippen molar-refractivity contribution in [3.8, 4) is 0 Å². The van der Waals surface area contributed by atoms with E-state index in [0.717, 1.165) is 0 Å². The third kappa shape index (κ3) is 2.32. The van der Waals surface area contributed by atoms with Crippen molar-refractivity contribution in [1.29, 1.82) is 0 Å². The number of esters is 1. The van der Waals surface area contributed by atoms with E-state index in [1.807, 2.05) is 0 Å². The van der Waals surface area contributed by atoms with E-state index in [1.54, 1.807) is 32.1 Å². The normalized spacial score (nSPS) is 29.6. The van der Waals surface area contributed by atoms with Gasteiger partial charge < -0.3 is 4.74 Å². The minimum absolute atomic E-state index is 0.307. The van der Waals surface area contributed by atoms with E-state index in [-0.39, 0.29) is 5.83 Å². The van der Waals surface area contributed by atoms with Crippen molar-refractivity contribution in [3.63, 3.8) is 0 Å². The molecule has 2 rings (SSSR count). The standard InChI is InChI=1S/C14H14FNO2/c1-3-18-14(17)11-8-16-13-7-12(15)9(2)5-4-6-10(11)13/h4-8,13H,3H2,1-2H3/b6-4+,9-5+,12-7+. The van der Waals surface area contributed by atoms with E-state index in [9.17, 15) is 9.18 Å². The summed E-state index contributed by atoms with van der Waals surface area (Å²) in [6, 6.07) is -0.440. The number of aliphatic imine (C=N–C) groups is 1. The maximum atomic E-state index is 13.7. The summed E-state index contributed by atoms with van der Waals surface area (Å²) in [4.78, 5) is 15.8. The zero-order valence-electron chi connectivity index (χ0n) is 10.3. The third-order valence-electron chi connectivity index (χ3n) is 2.79. The average molecular weight is 247 g/mol. The van der Waals surface area contributed by atoms with Crippen LogP contribution in [0.1, 0.15) is 13.8 Å². The van der Waals surface area contributed by atoms with Gasteiger partial charge in [-0.25, -0.2) is 9.18 Å². The first-order valence-electron chi connectivity index (χ1n) is 5.80. The molecule has 1 atom stereocenters. The molecule has 1 unspecified atom stereocenters. The maximum Gasteiger partial charge on any atom is 0.340 e. The SMILES string of the molecule is CCOC(=O)C1=C2/C=C/C=C(C)/C(F)=C\C2N=C1. The van der Waals surface area contributed by atoms with Crippen molar-refractivity contribution in [2.24, 2.45) is 4.99 Å². The van der Waals surface area contributed by atoms with Gasteiger partial charge in [-0.05, 0) is 31.1 Å². The van der Waals surface area contributed by atoms with Gasteiger partial charge in [0.1, 0.15) is 5.83 Å². The summed E-state index contributed by atoms with van der Waals surface area (Å²) in [5, 5.41) is 0. The Bertz CT molecular complexity index is 524. The van der Waals surface area contributed by atoms with Gasteiger partial charge in [0, 0.05) is 6.21 Å². The molecular formula is C14H14FNO2. The van der Waals surface area contributed by atoms with Gasteiger partial charge in [0.15, 0.2) is 0 Å². The van der Waals surface area contributed by atoms with E-state index >= 15 is 0 Å². The number of carbonyl (C=O) groups is 1. The molecular weight excluding hydrogens is 233 g/mol. The number of ether oxygens (including phenoxy) is 1. The molecule has 2 aliphatic rings. The van der Waals surface area contributed by atoms with Crippen molar-refractivity contribution in [2.75, 3.05) is 6.61 Å². The third-order valence-corrected chi connectivity index (χ3v) is 2.79. The summed E-state index contributed by atoms with van der Waals surface area (Å²) in [5.41, 5.74) is 1.62. The number of allylic oxidation sites excluding steroid dienone is 4. The van der Waals surface area contributed by atoms with Crippen molar-refractivity contribution in [1.82, 2.24) is 0 Å². The van der Waals surface area contributed by atoms with Gasteiger partial charge in [-0.2, -0.15) is 0 Å². The van der Waals surface area contributed by atoms with E-state index in [1.165, 1.54) is 12.3 Å². The van der Waals surface area contributed by atoms with Crippen molar-refractivity contribution < 1.29 is 13.9 Å². The molecule has 1 aliphatic carbocycles. The minimum Gasteiger partial charge on any atom is -0.462 e. The Kier molecular flexibility index (Phi) is 3.55. The molecule has 0 N–H and O–H groups in total. The Morgan fingerprint density at radius 2 is 2.33 bits per heavy atom. The van der Waals surface area contributed by atoms with Crippen LogP contribution in [-0.2, 0) is 9.53 Å². The maximum absolute atomic E-state index is 13.7. The topological polar surface area (TPSA) is 38.7 Å². The van der Waals surface area contributed by atoms with Crippen LogP contribution in [0.5, 0.6) is 0 Å². The Labute approximate surface area is 105 Å². The van der Waals surface area contributed by atoms with Crippen molar-refractivity contribution in [2.45, 2.75) is 19.9 Å². The summed E-state index contributed by atoms with van der Waals surface area (Å²) in [6.07, 6.45) is 8.02. The molecule has 0 aromatic heterocycles. The van der Waals surface area contributed by atoms with E-state index in [4.69, 9.17) is 4.74 Å². The molecule has 0 bridgehead atoms. The van der Waals surface area contributed by atoms with Gasteiger partial charge in [0.2, 0.25) is 0 Å². The Morgan fingerprint density at radius 1 is 1.56 bits per heavy atom. The minimum atomic E-state index is -0.440.